The minimum atomic E-state index is -0.327. The molecular weight excluding hydrogens is 312 g/mol. The summed E-state index contributed by atoms with van der Waals surface area (Å²) in [7, 11) is 0. The number of rotatable bonds is 3. The number of fused-ring (bicyclic) bond motifs is 1. The average molecular weight is 332 g/mol. The van der Waals surface area contributed by atoms with Crippen molar-refractivity contribution in [2.24, 2.45) is 0 Å². The van der Waals surface area contributed by atoms with E-state index in [0.29, 0.717) is 50.6 Å². The molecule has 2 heterocycles. The van der Waals surface area contributed by atoms with Gasteiger partial charge in [0.15, 0.2) is 5.58 Å². The van der Waals surface area contributed by atoms with Crippen molar-refractivity contribution in [3.8, 4) is 0 Å². The normalized spacial score (nSPS) is 14.7. The summed E-state index contributed by atoms with van der Waals surface area (Å²) in [6.07, 6.45) is -0.327. The second-order valence-electron chi connectivity index (χ2n) is 5.46. The van der Waals surface area contributed by atoms with E-state index in [-0.39, 0.29) is 12.1 Å². The molecule has 8 nitrogen and oxygen atoms in total. The Morgan fingerprint density at radius 2 is 1.92 bits per heavy atom. The summed E-state index contributed by atoms with van der Waals surface area (Å²) in [6.45, 7) is 4.32. The Morgan fingerprint density at radius 3 is 2.67 bits per heavy atom. The second kappa shape index (κ2) is 7.20. The number of para-hydroxylation sites is 1. The minimum Gasteiger partial charge on any atom is -0.450 e. The monoisotopic (exact) mass is 332 g/mol. The van der Waals surface area contributed by atoms with Crippen molar-refractivity contribution in [2.75, 3.05) is 32.8 Å². The quantitative estimate of drug-likeness (QED) is 0.926. The number of carbonyl (C=O) groups is 2. The highest BCUT2D eigenvalue weighted by molar-refractivity contribution is 5.80. The van der Waals surface area contributed by atoms with E-state index in [4.69, 9.17) is 9.26 Å². The van der Waals surface area contributed by atoms with Crippen LogP contribution in [0.4, 0.5) is 9.59 Å². The first-order valence-electron chi connectivity index (χ1n) is 7.97. The molecule has 8 heteroatoms. The van der Waals surface area contributed by atoms with Crippen LogP contribution in [0.5, 0.6) is 0 Å². The molecule has 0 bridgehead atoms. The van der Waals surface area contributed by atoms with Crippen molar-refractivity contribution in [1.29, 1.82) is 0 Å². The number of nitrogens with one attached hydrogen (secondary N) is 1. The standard InChI is InChI=1S/C16H20N4O4/c1-2-23-16(22)20-9-7-19(8-10-20)15(21)17-11-13-12-5-3-4-6-14(12)24-18-13/h3-6H,2,7-11H2,1H3,(H,17,21). The summed E-state index contributed by atoms with van der Waals surface area (Å²) in [6, 6.07) is 7.34. The molecule has 1 fully saturated rings. The fourth-order valence-electron chi connectivity index (χ4n) is 2.64. The topological polar surface area (TPSA) is 87.9 Å². The lowest BCUT2D eigenvalue weighted by Gasteiger charge is -2.33. The zero-order valence-electron chi connectivity index (χ0n) is 13.5. The molecule has 128 valence electrons. The summed E-state index contributed by atoms with van der Waals surface area (Å²) in [4.78, 5) is 27.2. The number of aromatic nitrogens is 1. The number of hydrogen-bond donors (Lipinski definition) is 1. The van der Waals surface area contributed by atoms with Crippen molar-refractivity contribution >= 4 is 23.1 Å². The fraction of sp³-hybridized carbons (Fsp3) is 0.438. The molecule has 0 unspecified atom stereocenters. The van der Waals surface area contributed by atoms with Gasteiger partial charge in [0.25, 0.3) is 0 Å². The van der Waals surface area contributed by atoms with E-state index in [0.717, 1.165) is 5.39 Å². The van der Waals surface area contributed by atoms with Crippen LogP contribution in [0.1, 0.15) is 12.6 Å². The molecule has 24 heavy (non-hydrogen) atoms. The van der Waals surface area contributed by atoms with Crippen LogP contribution in [0.2, 0.25) is 0 Å². The van der Waals surface area contributed by atoms with Crippen LogP contribution in [0.25, 0.3) is 11.0 Å². The van der Waals surface area contributed by atoms with E-state index >= 15 is 0 Å². The maximum atomic E-state index is 12.3. The summed E-state index contributed by atoms with van der Waals surface area (Å²) in [5, 5.41) is 7.73. The van der Waals surface area contributed by atoms with E-state index in [1.807, 2.05) is 24.3 Å². The van der Waals surface area contributed by atoms with E-state index in [2.05, 4.69) is 10.5 Å². The van der Waals surface area contributed by atoms with E-state index < -0.39 is 0 Å². The van der Waals surface area contributed by atoms with Crippen LogP contribution in [0.15, 0.2) is 28.8 Å². The summed E-state index contributed by atoms with van der Waals surface area (Å²) in [5.41, 5.74) is 1.40. The number of amides is 3. The fourth-order valence-corrected chi connectivity index (χ4v) is 2.64. The number of piperazine rings is 1. The second-order valence-corrected chi connectivity index (χ2v) is 5.46. The van der Waals surface area contributed by atoms with E-state index in [1.54, 1.807) is 16.7 Å². The molecule has 0 radical (unpaired) electrons. The SMILES string of the molecule is CCOC(=O)N1CCN(C(=O)NCc2noc3ccccc23)CC1. The third-order valence-electron chi connectivity index (χ3n) is 3.95. The highest BCUT2D eigenvalue weighted by atomic mass is 16.6. The Labute approximate surface area is 139 Å². The summed E-state index contributed by atoms with van der Waals surface area (Å²) >= 11 is 0. The van der Waals surface area contributed by atoms with Gasteiger partial charge in [-0.25, -0.2) is 9.59 Å². The van der Waals surface area contributed by atoms with Gasteiger partial charge >= 0.3 is 12.1 Å². The smallest absolute Gasteiger partial charge is 0.409 e. The van der Waals surface area contributed by atoms with Gasteiger partial charge in [-0.05, 0) is 19.1 Å². The van der Waals surface area contributed by atoms with Gasteiger partial charge in [-0.2, -0.15) is 0 Å². The third-order valence-corrected chi connectivity index (χ3v) is 3.95. The van der Waals surface area contributed by atoms with Crippen LogP contribution >= 0.6 is 0 Å². The Hall–Kier alpha value is -2.77. The molecule has 1 aliphatic rings. The van der Waals surface area contributed by atoms with Crippen LogP contribution < -0.4 is 5.32 Å². The Balaban J connectivity index is 1.50. The largest absolute Gasteiger partial charge is 0.450 e. The lowest BCUT2D eigenvalue weighted by Crippen LogP contribution is -2.53. The third kappa shape index (κ3) is 3.42. The van der Waals surface area contributed by atoms with Gasteiger partial charge in [-0.1, -0.05) is 17.3 Å². The Kier molecular flexibility index (Phi) is 4.83. The molecule has 3 amide bonds. The molecular formula is C16H20N4O4. The maximum absolute atomic E-state index is 12.3. The molecule has 1 N–H and O–H groups in total. The van der Waals surface area contributed by atoms with Crippen molar-refractivity contribution in [2.45, 2.75) is 13.5 Å². The van der Waals surface area contributed by atoms with Gasteiger partial charge in [0.1, 0.15) is 5.69 Å². The molecule has 1 aromatic heterocycles. The van der Waals surface area contributed by atoms with Crippen LogP contribution in [-0.4, -0.2) is 59.9 Å². The van der Waals surface area contributed by atoms with Crippen molar-refractivity contribution in [3.63, 3.8) is 0 Å². The number of ether oxygens (including phenoxy) is 1. The van der Waals surface area contributed by atoms with Crippen LogP contribution in [-0.2, 0) is 11.3 Å². The Morgan fingerprint density at radius 1 is 1.21 bits per heavy atom. The maximum Gasteiger partial charge on any atom is 0.409 e. The zero-order valence-corrected chi connectivity index (χ0v) is 13.5. The van der Waals surface area contributed by atoms with Gasteiger partial charge in [0, 0.05) is 31.6 Å². The Bertz CT molecular complexity index is 722. The van der Waals surface area contributed by atoms with Gasteiger partial charge in [0.05, 0.1) is 13.2 Å². The van der Waals surface area contributed by atoms with Crippen molar-refractivity contribution in [3.05, 3.63) is 30.0 Å². The lowest BCUT2D eigenvalue weighted by atomic mass is 10.2. The summed E-state index contributed by atoms with van der Waals surface area (Å²) in [5.74, 6) is 0. The van der Waals surface area contributed by atoms with Gasteiger partial charge < -0.3 is 24.4 Å². The van der Waals surface area contributed by atoms with Crippen LogP contribution in [0, 0.1) is 0 Å². The molecule has 3 rings (SSSR count). The average Bonchev–Trinajstić information content (AvgIpc) is 3.03. The molecule has 0 aliphatic carbocycles. The van der Waals surface area contributed by atoms with E-state index in [9.17, 15) is 9.59 Å². The first-order valence-corrected chi connectivity index (χ1v) is 7.97. The van der Waals surface area contributed by atoms with Gasteiger partial charge in [0.2, 0.25) is 0 Å². The number of nitrogens with zero attached hydrogens (tertiary/aromatic N) is 3. The molecule has 0 saturated carbocycles. The van der Waals surface area contributed by atoms with Crippen molar-refractivity contribution < 1.29 is 18.8 Å². The predicted octanol–water partition coefficient (Wildman–Crippen LogP) is 1.81. The van der Waals surface area contributed by atoms with Crippen molar-refractivity contribution in [1.82, 2.24) is 20.3 Å². The number of benzene rings is 1. The number of hydrogen-bond acceptors (Lipinski definition) is 5. The van der Waals surface area contributed by atoms with Gasteiger partial charge in [-0.15, -0.1) is 0 Å². The predicted molar refractivity (Wildman–Crippen MR) is 86.4 cm³/mol. The van der Waals surface area contributed by atoms with Crippen LogP contribution in [0.3, 0.4) is 0 Å². The zero-order chi connectivity index (χ0) is 16.9. The summed E-state index contributed by atoms with van der Waals surface area (Å²) < 4.78 is 10.2. The first kappa shape index (κ1) is 16.1. The highest BCUT2D eigenvalue weighted by Gasteiger charge is 2.24. The molecule has 0 spiro atoms. The molecule has 2 aromatic rings. The minimum absolute atomic E-state index is 0.175. The first-order chi connectivity index (χ1) is 11.7. The molecule has 1 aromatic carbocycles. The molecule has 0 atom stereocenters. The number of carbonyl (C=O) groups excluding carboxylic acids is 2. The highest BCUT2D eigenvalue weighted by Crippen LogP contribution is 2.17. The molecule has 1 aliphatic heterocycles. The molecule has 1 saturated heterocycles. The number of urea groups is 1. The lowest BCUT2D eigenvalue weighted by molar-refractivity contribution is 0.0851. The van der Waals surface area contributed by atoms with E-state index in [1.165, 1.54) is 0 Å². The van der Waals surface area contributed by atoms with Gasteiger partial charge in [-0.3, -0.25) is 0 Å².